The fourth-order valence-corrected chi connectivity index (χ4v) is 3.47. The molecule has 130 valence electrons. The molecule has 0 radical (unpaired) electrons. The van der Waals surface area contributed by atoms with Gasteiger partial charge in [-0.3, -0.25) is 14.4 Å². The van der Waals surface area contributed by atoms with Crippen LogP contribution in [0.3, 0.4) is 0 Å². The van der Waals surface area contributed by atoms with Crippen molar-refractivity contribution in [3.63, 3.8) is 0 Å². The number of aromatic amines is 1. The fraction of sp³-hybridized carbons (Fsp3) is 0.368. The Labute approximate surface area is 146 Å². The Hall–Kier alpha value is -2.60. The average Bonchev–Trinajstić information content (AvgIpc) is 3.25. The molecule has 0 saturated carbocycles. The summed E-state index contributed by atoms with van der Waals surface area (Å²) in [5, 5.41) is 8.43. The van der Waals surface area contributed by atoms with E-state index in [0.29, 0.717) is 5.69 Å². The van der Waals surface area contributed by atoms with Crippen LogP contribution in [0, 0.1) is 0 Å². The number of H-pyrrole nitrogens is 1. The van der Waals surface area contributed by atoms with Gasteiger partial charge in [-0.25, -0.2) is 0 Å². The van der Waals surface area contributed by atoms with Crippen LogP contribution in [-0.2, 0) is 19.5 Å². The zero-order chi connectivity index (χ0) is 17.4. The Morgan fingerprint density at radius 1 is 1.28 bits per heavy atom. The maximum Gasteiger partial charge on any atom is 0.276 e. The van der Waals surface area contributed by atoms with Crippen LogP contribution in [0.1, 0.15) is 35.6 Å². The van der Waals surface area contributed by atoms with Crippen molar-refractivity contribution in [3.8, 4) is 0 Å². The van der Waals surface area contributed by atoms with E-state index in [1.54, 1.807) is 10.7 Å². The maximum absolute atomic E-state index is 12.4. The summed E-state index contributed by atoms with van der Waals surface area (Å²) in [6, 6.07) is 7.80. The van der Waals surface area contributed by atoms with Gasteiger partial charge in [0, 0.05) is 54.5 Å². The molecule has 4 rings (SSSR count). The minimum Gasteiger partial charge on any atom is -0.358 e. The summed E-state index contributed by atoms with van der Waals surface area (Å²) in [7, 11) is 0. The van der Waals surface area contributed by atoms with Crippen molar-refractivity contribution in [1.29, 1.82) is 0 Å². The Bertz CT molecular complexity index is 923. The number of rotatable bonds is 4. The van der Waals surface area contributed by atoms with Crippen molar-refractivity contribution >= 4 is 22.5 Å². The normalized spacial score (nSPS) is 14.6. The monoisotopic (exact) mass is 337 g/mol. The van der Waals surface area contributed by atoms with Crippen molar-refractivity contribution in [2.75, 3.05) is 18.4 Å². The molecule has 0 unspecified atom stereocenters. The molecule has 0 aliphatic carbocycles. The number of aromatic nitrogens is 3. The quantitative estimate of drug-likeness (QED) is 0.769. The van der Waals surface area contributed by atoms with Crippen molar-refractivity contribution in [2.24, 2.45) is 0 Å². The molecule has 3 aromatic rings. The Morgan fingerprint density at radius 3 is 2.92 bits per heavy atom. The number of likely N-dealkylation sites (N-methyl/N-ethyl adjacent to an activating group) is 1. The molecule has 2 aromatic heterocycles. The molecule has 1 amide bonds. The largest absolute Gasteiger partial charge is 0.358 e. The number of carbonyl (C=O) groups is 1. The number of hydrogen-bond acceptors (Lipinski definition) is 3. The topological polar surface area (TPSA) is 66.0 Å². The first kappa shape index (κ1) is 15.9. The van der Waals surface area contributed by atoms with Crippen LogP contribution in [0.25, 0.3) is 10.9 Å². The van der Waals surface area contributed by atoms with E-state index in [2.05, 4.69) is 33.3 Å². The first-order chi connectivity index (χ1) is 12.2. The van der Waals surface area contributed by atoms with Crippen LogP contribution in [0.4, 0.5) is 5.69 Å². The van der Waals surface area contributed by atoms with E-state index < -0.39 is 0 Å². The molecule has 0 fully saturated rings. The van der Waals surface area contributed by atoms with Gasteiger partial charge in [-0.05, 0) is 43.3 Å². The highest BCUT2D eigenvalue weighted by Crippen LogP contribution is 2.29. The van der Waals surface area contributed by atoms with E-state index >= 15 is 0 Å². The predicted molar refractivity (Wildman–Crippen MR) is 98.8 cm³/mol. The van der Waals surface area contributed by atoms with E-state index in [9.17, 15) is 4.79 Å². The van der Waals surface area contributed by atoms with Crippen molar-refractivity contribution in [1.82, 2.24) is 19.7 Å². The van der Waals surface area contributed by atoms with Crippen LogP contribution < -0.4 is 5.32 Å². The molecule has 1 aromatic carbocycles. The number of carbonyl (C=O) groups excluding carboxylic acids is 1. The minimum atomic E-state index is -0.175. The fourth-order valence-electron chi connectivity index (χ4n) is 3.47. The smallest absolute Gasteiger partial charge is 0.276 e. The third-order valence-corrected chi connectivity index (χ3v) is 4.96. The second kappa shape index (κ2) is 6.37. The zero-order valence-corrected chi connectivity index (χ0v) is 14.7. The van der Waals surface area contributed by atoms with Gasteiger partial charge in [0.05, 0.1) is 0 Å². The maximum atomic E-state index is 12.4. The molecule has 6 nitrogen and oxygen atoms in total. The minimum absolute atomic E-state index is 0.175. The Morgan fingerprint density at radius 2 is 2.16 bits per heavy atom. The predicted octanol–water partition coefficient (Wildman–Crippen LogP) is 3.01. The van der Waals surface area contributed by atoms with Crippen LogP contribution in [0.2, 0.25) is 0 Å². The van der Waals surface area contributed by atoms with Gasteiger partial charge >= 0.3 is 0 Å². The molecule has 25 heavy (non-hydrogen) atoms. The van der Waals surface area contributed by atoms with Gasteiger partial charge in [0.1, 0.15) is 0 Å². The number of anilines is 1. The lowest BCUT2D eigenvalue weighted by Gasteiger charge is -2.25. The number of hydrogen-bond donors (Lipinski definition) is 2. The number of amides is 1. The first-order valence-electron chi connectivity index (χ1n) is 8.88. The highest BCUT2D eigenvalue weighted by Gasteiger charge is 2.20. The van der Waals surface area contributed by atoms with Gasteiger partial charge in [0.25, 0.3) is 5.91 Å². The second-order valence-corrected chi connectivity index (χ2v) is 6.47. The SMILES string of the molecule is CCN1CCc2[nH]c3ccc(NC(=O)c4ccn(CC)n4)cc3c2C1. The molecule has 0 spiro atoms. The first-order valence-corrected chi connectivity index (χ1v) is 8.88. The standard InChI is InChI=1S/C19H23N5O/c1-3-23-9-7-17-15(12-23)14-11-13(5-6-16(14)21-17)20-19(25)18-8-10-24(4-2)22-18/h5-6,8,10-11,21H,3-4,7,9,12H2,1-2H3,(H,20,25). The van der Waals surface area contributed by atoms with Gasteiger partial charge in [0.15, 0.2) is 5.69 Å². The number of nitrogens with one attached hydrogen (secondary N) is 2. The third-order valence-electron chi connectivity index (χ3n) is 4.96. The van der Waals surface area contributed by atoms with Gasteiger partial charge in [0.2, 0.25) is 0 Å². The second-order valence-electron chi connectivity index (χ2n) is 6.47. The molecule has 0 saturated heterocycles. The Balaban J connectivity index is 1.61. The van der Waals surface area contributed by atoms with E-state index in [1.807, 2.05) is 25.3 Å². The van der Waals surface area contributed by atoms with Gasteiger partial charge in [-0.2, -0.15) is 5.10 Å². The highest BCUT2D eigenvalue weighted by atomic mass is 16.1. The Kier molecular flexibility index (Phi) is 4.05. The molecule has 3 heterocycles. The summed E-state index contributed by atoms with van der Waals surface area (Å²) in [5.41, 5.74) is 5.06. The lowest BCUT2D eigenvalue weighted by Crippen LogP contribution is -2.29. The summed E-state index contributed by atoms with van der Waals surface area (Å²) in [5.74, 6) is -0.175. The van der Waals surface area contributed by atoms with Crippen molar-refractivity contribution in [3.05, 3.63) is 47.4 Å². The van der Waals surface area contributed by atoms with E-state index in [1.165, 1.54) is 16.6 Å². The summed E-state index contributed by atoms with van der Waals surface area (Å²) < 4.78 is 1.75. The summed E-state index contributed by atoms with van der Waals surface area (Å²) in [6.45, 7) is 8.06. The third kappa shape index (κ3) is 2.93. The molecule has 1 aliphatic rings. The van der Waals surface area contributed by atoms with Crippen LogP contribution in [0.5, 0.6) is 0 Å². The number of fused-ring (bicyclic) bond motifs is 3. The molecule has 0 atom stereocenters. The number of nitrogens with zero attached hydrogens (tertiary/aromatic N) is 3. The lowest BCUT2D eigenvalue weighted by molar-refractivity contribution is 0.102. The van der Waals surface area contributed by atoms with E-state index in [-0.39, 0.29) is 5.91 Å². The zero-order valence-electron chi connectivity index (χ0n) is 14.7. The molecule has 6 heteroatoms. The molecular weight excluding hydrogens is 314 g/mol. The highest BCUT2D eigenvalue weighted by molar-refractivity contribution is 6.04. The lowest BCUT2D eigenvalue weighted by atomic mass is 10.0. The summed E-state index contributed by atoms with van der Waals surface area (Å²) >= 11 is 0. The van der Waals surface area contributed by atoms with Gasteiger partial charge in [-0.1, -0.05) is 6.92 Å². The summed E-state index contributed by atoms with van der Waals surface area (Å²) in [6.07, 6.45) is 2.87. The van der Waals surface area contributed by atoms with Crippen LogP contribution in [-0.4, -0.2) is 38.7 Å². The number of aryl methyl sites for hydroxylation is 1. The molecule has 2 N–H and O–H groups in total. The van der Waals surface area contributed by atoms with Crippen molar-refractivity contribution in [2.45, 2.75) is 33.4 Å². The van der Waals surface area contributed by atoms with Crippen LogP contribution >= 0.6 is 0 Å². The molecule has 1 aliphatic heterocycles. The molecular formula is C19H23N5O. The van der Waals surface area contributed by atoms with E-state index in [0.717, 1.165) is 43.8 Å². The summed E-state index contributed by atoms with van der Waals surface area (Å²) in [4.78, 5) is 18.4. The van der Waals surface area contributed by atoms with E-state index in [4.69, 9.17) is 0 Å². The molecule has 0 bridgehead atoms. The van der Waals surface area contributed by atoms with Gasteiger partial charge in [-0.15, -0.1) is 0 Å². The van der Waals surface area contributed by atoms with Crippen molar-refractivity contribution < 1.29 is 4.79 Å². The average molecular weight is 337 g/mol. The van der Waals surface area contributed by atoms with Crippen LogP contribution in [0.15, 0.2) is 30.5 Å². The number of benzene rings is 1. The van der Waals surface area contributed by atoms with Gasteiger partial charge < -0.3 is 10.3 Å².